The van der Waals surface area contributed by atoms with E-state index in [1.165, 1.54) is 6.92 Å². The molecule has 5 nitrogen and oxygen atoms in total. The van der Waals surface area contributed by atoms with Gasteiger partial charge in [-0.05, 0) is 31.8 Å². The third-order valence-corrected chi connectivity index (χ3v) is 2.71. The summed E-state index contributed by atoms with van der Waals surface area (Å²) < 4.78 is 0. The van der Waals surface area contributed by atoms with Crippen molar-refractivity contribution in [3.05, 3.63) is 0 Å². The molecule has 1 amide bonds. The van der Waals surface area contributed by atoms with Crippen LogP contribution in [0, 0.1) is 5.92 Å². The zero-order chi connectivity index (χ0) is 11.3. The lowest BCUT2D eigenvalue weighted by Crippen LogP contribution is -2.40. The summed E-state index contributed by atoms with van der Waals surface area (Å²) in [5.41, 5.74) is 0. The van der Waals surface area contributed by atoms with E-state index >= 15 is 0 Å². The molecule has 0 aromatic rings. The van der Waals surface area contributed by atoms with Gasteiger partial charge in [0.2, 0.25) is 5.91 Å². The Labute approximate surface area is 89.4 Å². The minimum absolute atomic E-state index is 0.00275. The van der Waals surface area contributed by atoms with Crippen molar-refractivity contribution in [1.29, 1.82) is 0 Å². The Balaban J connectivity index is 2.18. The van der Waals surface area contributed by atoms with E-state index < -0.39 is 5.97 Å². The van der Waals surface area contributed by atoms with Crippen LogP contribution in [-0.2, 0) is 9.59 Å². The van der Waals surface area contributed by atoms with E-state index in [4.69, 9.17) is 5.11 Å². The molecule has 0 bridgehead atoms. The van der Waals surface area contributed by atoms with Gasteiger partial charge in [0.25, 0.3) is 0 Å². The molecular weight excluding hydrogens is 196 g/mol. The first-order chi connectivity index (χ1) is 7.08. The summed E-state index contributed by atoms with van der Waals surface area (Å²) in [7, 11) is 0. The van der Waals surface area contributed by atoms with Gasteiger partial charge in [0.15, 0.2) is 0 Å². The summed E-state index contributed by atoms with van der Waals surface area (Å²) in [5, 5.41) is 11.4. The first-order valence-corrected chi connectivity index (χ1v) is 5.26. The number of carboxylic acids is 1. The number of carbonyl (C=O) groups is 2. The van der Waals surface area contributed by atoms with Crippen LogP contribution < -0.4 is 5.32 Å². The molecule has 0 spiro atoms. The highest BCUT2D eigenvalue weighted by Crippen LogP contribution is 2.15. The third-order valence-electron chi connectivity index (χ3n) is 2.71. The fourth-order valence-corrected chi connectivity index (χ4v) is 1.83. The first kappa shape index (κ1) is 12.0. The van der Waals surface area contributed by atoms with Gasteiger partial charge in [-0.1, -0.05) is 0 Å². The van der Waals surface area contributed by atoms with Crippen LogP contribution in [0.15, 0.2) is 0 Å². The smallest absolute Gasteiger partial charge is 0.317 e. The number of carboxylic acid groups (broad SMARTS) is 1. The number of hydrogen-bond acceptors (Lipinski definition) is 3. The Hall–Kier alpha value is -1.10. The Morgan fingerprint density at radius 3 is 2.47 bits per heavy atom. The standard InChI is InChI=1S/C10H18N2O3/c1-8(13)11-6-9-2-4-12(5-3-9)7-10(14)15/h9H,2-7H2,1H3,(H,11,13)(H,14,15). The maximum atomic E-state index is 10.7. The number of aliphatic carboxylic acids is 1. The lowest BCUT2D eigenvalue weighted by Gasteiger charge is -2.30. The monoisotopic (exact) mass is 214 g/mol. The van der Waals surface area contributed by atoms with E-state index in [2.05, 4.69) is 5.32 Å². The van der Waals surface area contributed by atoms with Gasteiger partial charge in [-0.2, -0.15) is 0 Å². The van der Waals surface area contributed by atoms with Crippen LogP contribution >= 0.6 is 0 Å². The summed E-state index contributed by atoms with van der Waals surface area (Å²) in [6.45, 7) is 4.00. The summed E-state index contributed by atoms with van der Waals surface area (Å²) in [4.78, 5) is 23.1. The fourth-order valence-electron chi connectivity index (χ4n) is 1.83. The Morgan fingerprint density at radius 2 is 2.00 bits per heavy atom. The molecule has 0 atom stereocenters. The summed E-state index contributed by atoms with van der Waals surface area (Å²) in [6.07, 6.45) is 1.93. The highest BCUT2D eigenvalue weighted by molar-refractivity contribution is 5.72. The van der Waals surface area contributed by atoms with E-state index in [-0.39, 0.29) is 12.5 Å². The van der Waals surface area contributed by atoms with Crippen molar-refractivity contribution in [3.63, 3.8) is 0 Å². The zero-order valence-electron chi connectivity index (χ0n) is 9.03. The number of rotatable bonds is 4. The predicted molar refractivity (Wildman–Crippen MR) is 55.5 cm³/mol. The maximum Gasteiger partial charge on any atom is 0.317 e. The molecule has 0 aromatic carbocycles. The van der Waals surface area contributed by atoms with E-state index in [1.807, 2.05) is 4.90 Å². The molecule has 15 heavy (non-hydrogen) atoms. The second-order valence-electron chi connectivity index (χ2n) is 4.05. The van der Waals surface area contributed by atoms with Crippen molar-refractivity contribution in [2.45, 2.75) is 19.8 Å². The molecule has 0 saturated carbocycles. The molecular formula is C10H18N2O3. The van der Waals surface area contributed by atoms with E-state index in [0.717, 1.165) is 32.5 Å². The Bertz CT molecular complexity index is 235. The minimum Gasteiger partial charge on any atom is -0.480 e. The van der Waals surface area contributed by atoms with Gasteiger partial charge < -0.3 is 10.4 Å². The first-order valence-electron chi connectivity index (χ1n) is 5.26. The maximum absolute atomic E-state index is 10.7. The lowest BCUT2D eigenvalue weighted by molar-refractivity contribution is -0.138. The van der Waals surface area contributed by atoms with Gasteiger partial charge in [0.1, 0.15) is 0 Å². The average molecular weight is 214 g/mol. The van der Waals surface area contributed by atoms with Crippen molar-refractivity contribution >= 4 is 11.9 Å². The van der Waals surface area contributed by atoms with Gasteiger partial charge in [-0.3, -0.25) is 14.5 Å². The predicted octanol–water partition coefficient (Wildman–Crippen LogP) is -0.0809. The topological polar surface area (TPSA) is 69.6 Å². The number of hydrogen-bond donors (Lipinski definition) is 2. The quantitative estimate of drug-likeness (QED) is 0.686. The largest absolute Gasteiger partial charge is 0.480 e. The zero-order valence-corrected chi connectivity index (χ0v) is 9.03. The molecule has 0 aliphatic carbocycles. The summed E-state index contributed by atoms with van der Waals surface area (Å²) >= 11 is 0. The van der Waals surface area contributed by atoms with Crippen LogP contribution in [0.4, 0.5) is 0 Å². The van der Waals surface area contributed by atoms with Crippen molar-refractivity contribution in [2.24, 2.45) is 5.92 Å². The molecule has 1 fully saturated rings. The van der Waals surface area contributed by atoms with Gasteiger partial charge in [0, 0.05) is 13.5 Å². The van der Waals surface area contributed by atoms with Gasteiger partial charge in [-0.25, -0.2) is 0 Å². The molecule has 1 aliphatic rings. The molecule has 5 heteroatoms. The van der Waals surface area contributed by atoms with E-state index in [0.29, 0.717) is 5.92 Å². The van der Waals surface area contributed by atoms with Crippen LogP contribution in [0.2, 0.25) is 0 Å². The molecule has 1 saturated heterocycles. The van der Waals surface area contributed by atoms with Crippen molar-refractivity contribution in [3.8, 4) is 0 Å². The molecule has 86 valence electrons. The van der Waals surface area contributed by atoms with Crippen molar-refractivity contribution in [2.75, 3.05) is 26.2 Å². The second kappa shape index (κ2) is 5.70. The third kappa shape index (κ3) is 4.78. The number of nitrogens with one attached hydrogen (secondary N) is 1. The van der Waals surface area contributed by atoms with Crippen LogP contribution in [-0.4, -0.2) is 48.1 Å². The highest BCUT2D eigenvalue weighted by Gasteiger charge is 2.20. The van der Waals surface area contributed by atoms with Crippen LogP contribution in [0.5, 0.6) is 0 Å². The second-order valence-corrected chi connectivity index (χ2v) is 4.05. The highest BCUT2D eigenvalue weighted by atomic mass is 16.4. The molecule has 0 radical (unpaired) electrons. The van der Waals surface area contributed by atoms with Crippen molar-refractivity contribution < 1.29 is 14.7 Å². The van der Waals surface area contributed by atoms with E-state index in [9.17, 15) is 9.59 Å². The molecule has 1 aliphatic heterocycles. The number of likely N-dealkylation sites (tertiary alicyclic amines) is 1. The molecule has 0 unspecified atom stereocenters. The van der Waals surface area contributed by atoms with Gasteiger partial charge in [0.05, 0.1) is 6.54 Å². The number of piperidine rings is 1. The number of nitrogens with zero attached hydrogens (tertiary/aromatic N) is 1. The SMILES string of the molecule is CC(=O)NCC1CCN(CC(=O)O)CC1. The molecule has 1 heterocycles. The van der Waals surface area contributed by atoms with E-state index in [1.54, 1.807) is 0 Å². The van der Waals surface area contributed by atoms with Crippen LogP contribution in [0.25, 0.3) is 0 Å². The molecule has 2 N–H and O–H groups in total. The normalized spacial score (nSPS) is 18.7. The van der Waals surface area contributed by atoms with Crippen molar-refractivity contribution in [1.82, 2.24) is 10.2 Å². The minimum atomic E-state index is -0.768. The van der Waals surface area contributed by atoms with Gasteiger partial charge >= 0.3 is 5.97 Å². The van der Waals surface area contributed by atoms with Crippen LogP contribution in [0.3, 0.4) is 0 Å². The number of amides is 1. The fraction of sp³-hybridized carbons (Fsp3) is 0.800. The molecule has 0 aromatic heterocycles. The Morgan fingerprint density at radius 1 is 1.40 bits per heavy atom. The Kier molecular flexibility index (Phi) is 4.55. The number of carbonyl (C=O) groups excluding carboxylic acids is 1. The molecule has 1 rings (SSSR count). The summed E-state index contributed by atoms with van der Waals surface area (Å²) in [5.74, 6) is -0.266. The van der Waals surface area contributed by atoms with Crippen LogP contribution in [0.1, 0.15) is 19.8 Å². The van der Waals surface area contributed by atoms with Gasteiger partial charge in [-0.15, -0.1) is 0 Å². The average Bonchev–Trinajstić information content (AvgIpc) is 2.16. The lowest BCUT2D eigenvalue weighted by atomic mass is 9.97. The summed E-state index contributed by atoms with van der Waals surface area (Å²) in [6, 6.07) is 0.